The van der Waals surface area contributed by atoms with Gasteiger partial charge in [0.15, 0.2) is 0 Å². The van der Waals surface area contributed by atoms with Crippen LogP contribution in [-0.4, -0.2) is 55.6 Å². The van der Waals surface area contributed by atoms with Gasteiger partial charge in [0, 0.05) is 44.8 Å². The van der Waals surface area contributed by atoms with Crippen LogP contribution in [0.15, 0.2) is 42.0 Å². The van der Waals surface area contributed by atoms with Crippen LogP contribution in [0.1, 0.15) is 12.5 Å². The molecule has 2 rings (SSSR count). The number of carbonyl (C=O) groups excluding carboxylic acids is 1. The van der Waals surface area contributed by atoms with E-state index in [0.29, 0.717) is 5.57 Å². The van der Waals surface area contributed by atoms with Crippen molar-refractivity contribution in [1.82, 2.24) is 9.80 Å². The van der Waals surface area contributed by atoms with E-state index in [2.05, 4.69) is 40.1 Å². The largest absolute Gasteiger partial charge is 0.466 e. The van der Waals surface area contributed by atoms with Gasteiger partial charge < -0.3 is 4.74 Å². The lowest BCUT2D eigenvalue weighted by Crippen LogP contribution is -2.45. The summed E-state index contributed by atoms with van der Waals surface area (Å²) < 4.78 is 4.70. The molecule has 1 aliphatic rings. The average Bonchev–Trinajstić information content (AvgIpc) is 2.54. The van der Waals surface area contributed by atoms with E-state index in [-0.39, 0.29) is 5.97 Å². The van der Waals surface area contributed by atoms with Crippen molar-refractivity contribution in [1.29, 1.82) is 0 Å². The first kappa shape index (κ1) is 15.7. The van der Waals surface area contributed by atoms with Crippen LogP contribution >= 0.6 is 0 Å². The van der Waals surface area contributed by atoms with Crippen molar-refractivity contribution < 1.29 is 9.53 Å². The number of methoxy groups -OCH3 is 1. The van der Waals surface area contributed by atoms with E-state index in [0.717, 1.165) is 39.3 Å². The predicted octanol–water partition coefficient (Wildman–Crippen LogP) is 1.92. The van der Waals surface area contributed by atoms with Crippen LogP contribution in [0.3, 0.4) is 0 Å². The molecule has 0 aromatic heterocycles. The normalized spacial score (nSPS) is 17.7. The summed E-state index contributed by atoms with van der Waals surface area (Å²) >= 11 is 0. The number of carbonyl (C=O) groups is 1. The first-order chi connectivity index (χ1) is 10.2. The maximum Gasteiger partial charge on any atom is 0.333 e. The van der Waals surface area contributed by atoms with Crippen LogP contribution in [0.25, 0.3) is 0 Å². The van der Waals surface area contributed by atoms with E-state index in [1.54, 1.807) is 6.92 Å². The lowest BCUT2D eigenvalue weighted by molar-refractivity contribution is -0.136. The molecule has 114 valence electrons. The van der Waals surface area contributed by atoms with Crippen LogP contribution in [0.2, 0.25) is 0 Å². The van der Waals surface area contributed by atoms with Crippen molar-refractivity contribution in [3.05, 3.63) is 47.5 Å². The fraction of sp³-hybridized carbons (Fsp3) is 0.471. The van der Waals surface area contributed by atoms with E-state index in [4.69, 9.17) is 4.74 Å². The zero-order valence-electron chi connectivity index (χ0n) is 12.9. The minimum atomic E-state index is -0.238. The highest BCUT2D eigenvalue weighted by Crippen LogP contribution is 2.08. The zero-order valence-corrected chi connectivity index (χ0v) is 12.9. The van der Waals surface area contributed by atoms with Crippen molar-refractivity contribution >= 4 is 5.97 Å². The quantitative estimate of drug-likeness (QED) is 0.612. The van der Waals surface area contributed by atoms with Crippen LogP contribution < -0.4 is 0 Å². The number of hydrogen-bond donors (Lipinski definition) is 0. The highest BCUT2D eigenvalue weighted by atomic mass is 16.5. The molecule has 0 bridgehead atoms. The van der Waals surface area contributed by atoms with Crippen molar-refractivity contribution in [3.8, 4) is 0 Å². The molecule has 0 unspecified atom stereocenters. The number of benzene rings is 1. The van der Waals surface area contributed by atoms with Gasteiger partial charge in [-0.05, 0) is 12.5 Å². The maximum atomic E-state index is 11.3. The summed E-state index contributed by atoms with van der Waals surface area (Å²) in [7, 11) is 1.42. The van der Waals surface area contributed by atoms with Crippen molar-refractivity contribution in [2.45, 2.75) is 13.5 Å². The molecule has 0 N–H and O–H groups in total. The molecule has 0 amide bonds. The Hall–Kier alpha value is -1.65. The number of ether oxygens (including phenoxy) is 1. The predicted molar refractivity (Wildman–Crippen MR) is 83.9 cm³/mol. The van der Waals surface area contributed by atoms with E-state index >= 15 is 0 Å². The van der Waals surface area contributed by atoms with E-state index < -0.39 is 0 Å². The Bertz CT molecular complexity index is 477. The molecular formula is C17H24N2O2. The molecular weight excluding hydrogens is 264 g/mol. The number of esters is 1. The number of piperazine rings is 1. The monoisotopic (exact) mass is 288 g/mol. The van der Waals surface area contributed by atoms with Gasteiger partial charge in [0.05, 0.1) is 7.11 Å². The first-order valence-electron chi connectivity index (χ1n) is 7.43. The SMILES string of the molecule is COC(=O)C(C)=CCN1CCN(Cc2ccccc2)CC1. The number of hydrogen-bond acceptors (Lipinski definition) is 4. The van der Waals surface area contributed by atoms with Gasteiger partial charge in [-0.15, -0.1) is 0 Å². The zero-order chi connectivity index (χ0) is 15.1. The van der Waals surface area contributed by atoms with Crippen LogP contribution in [-0.2, 0) is 16.1 Å². The number of rotatable bonds is 5. The third-order valence-corrected chi connectivity index (χ3v) is 3.88. The second-order valence-corrected chi connectivity index (χ2v) is 5.44. The first-order valence-corrected chi connectivity index (χ1v) is 7.43. The Labute approximate surface area is 127 Å². The Kier molecular flexibility index (Phi) is 5.96. The summed E-state index contributed by atoms with van der Waals surface area (Å²) in [5.41, 5.74) is 2.05. The lowest BCUT2D eigenvalue weighted by atomic mass is 10.2. The van der Waals surface area contributed by atoms with Gasteiger partial charge in [-0.2, -0.15) is 0 Å². The summed E-state index contributed by atoms with van der Waals surface area (Å²) in [4.78, 5) is 16.2. The summed E-state index contributed by atoms with van der Waals surface area (Å²) in [5, 5.41) is 0. The molecule has 1 aliphatic heterocycles. The molecule has 1 fully saturated rings. The Balaban J connectivity index is 1.75. The molecule has 1 aromatic carbocycles. The second-order valence-electron chi connectivity index (χ2n) is 5.44. The molecule has 0 saturated carbocycles. The summed E-state index contributed by atoms with van der Waals surface area (Å²) in [6, 6.07) is 10.6. The Morgan fingerprint density at radius 1 is 1.14 bits per heavy atom. The molecule has 21 heavy (non-hydrogen) atoms. The second kappa shape index (κ2) is 7.96. The van der Waals surface area contributed by atoms with Crippen molar-refractivity contribution in [2.75, 3.05) is 39.8 Å². The fourth-order valence-electron chi connectivity index (χ4n) is 2.48. The highest BCUT2D eigenvalue weighted by Gasteiger charge is 2.16. The maximum absolute atomic E-state index is 11.3. The molecule has 1 saturated heterocycles. The van der Waals surface area contributed by atoms with Gasteiger partial charge >= 0.3 is 5.97 Å². The van der Waals surface area contributed by atoms with Gasteiger partial charge in [-0.1, -0.05) is 36.4 Å². The molecule has 0 aliphatic carbocycles. The Morgan fingerprint density at radius 3 is 2.38 bits per heavy atom. The van der Waals surface area contributed by atoms with Crippen LogP contribution in [0, 0.1) is 0 Å². The topological polar surface area (TPSA) is 32.8 Å². The van der Waals surface area contributed by atoms with Gasteiger partial charge in [-0.25, -0.2) is 4.79 Å². The fourth-order valence-corrected chi connectivity index (χ4v) is 2.48. The molecule has 4 heteroatoms. The Morgan fingerprint density at radius 2 is 1.76 bits per heavy atom. The van der Waals surface area contributed by atoms with Gasteiger partial charge in [0.25, 0.3) is 0 Å². The smallest absolute Gasteiger partial charge is 0.333 e. The van der Waals surface area contributed by atoms with Crippen LogP contribution in [0.4, 0.5) is 0 Å². The van der Waals surface area contributed by atoms with E-state index in [9.17, 15) is 4.79 Å². The van der Waals surface area contributed by atoms with Gasteiger partial charge in [0.1, 0.15) is 0 Å². The molecule has 1 aromatic rings. The van der Waals surface area contributed by atoms with Crippen LogP contribution in [0.5, 0.6) is 0 Å². The number of nitrogens with zero attached hydrogens (tertiary/aromatic N) is 2. The van der Waals surface area contributed by atoms with Crippen molar-refractivity contribution in [3.63, 3.8) is 0 Å². The average molecular weight is 288 g/mol. The molecule has 0 atom stereocenters. The summed E-state index contributed by atoms with van der Waals surface area (Å²) in [6.07, 6.45) is 1.96. The summed E-state index contributed by atoms with van der Waals surface area (Å²) in [5.74, 6) is -0.238. The lowest BCUT2D eigenvalue weighted by Gasteiger charge is -2.34. The molecule has 0 radical (unpaired) electrons. The van der Waals surface area contributed by atoms with Gasteiger partial charge in [-0.3, -0.25) is 9.80 Å². The minimum absolute atomic E-state index is 0.238. The third kappa shape index (κ3) is 4.99. The minimum Gasteiger partial charge on any atom is -0.466 e. The third-order valence-electron chi connectivity index (χ3n) is 3.88. The molecule has 1 heterocycles. The highest BCUT2D eigenvalue weighted by molar-refractivity contribution is 5.87. The van der Waals surface area contributed by atoms with E-state index in [1.165, 1.54) is 12.7 Å². The van der Waals surface area contributed by atoms with Crippen molar-refractivity contribution in [2.24, 2.45) is 0 Å². The molecule has 0 spiro atoms. The van der Waals surface area contributed by atoms with Gasteiger partial charge in [0.2, 0.25) is 0 Å². The summed E-state index contributed by atoms with van der Waals surface area (Å²) in [6.45, 7) is 7.86. The molecule has 4 nitrogen and oxygen atoms in total. The van der Waals surface area contributed by atoms with E-state index in [1.807, 2.05) is 6.08 Å². The standard InChI is InChI=1S/C17H24N2O2/c1-15(17(20)21-2)8-9-18-10-12-19(13-11-18)14-16-6-4-3-5-7-16/h3-8H,9-14H2,1-2H3.